The minimum absolute atomic E-state index is 0.418. The molecule has 3 heteroatoms. The summed E-state index contributed by atoms with van der Waals surface area (Å²) in [6.07, 6.45) is 0. The van der Waals surface area contributed by atoms with Crippen LogP contribution in [0.1, 0.15) is 42.1 Å². The van der Waals surface area contributed by atoms with E-state index in [2.05, 4.69) is 55.1 Å². The molecule has 1 aliphatic heterocycles. The summed E-state index contributed by atoms with van der Waals surface area (Å²) in [5, 5.41) is 0. The Labute approximate surface area is 125 Å². The van der Waals surface area contributed by atoms with Crippen molar-refractivity contribution in [3.63, 3.8) is 0 Å². The van der Waals surface area contributed by atoms with E-state index in [1.165, 1.54) is 11.1 Å². The first-order valence-electron chi connectivity index (χ1n) is 7.06. The number of anilines is 1. The van der Waals surface area contributed by atoms with Crippen LogP contribution in [0.4, 0.5) is 5.82 Å². The Morgan fingerprint density at radius 1 is 1.15 bits per heavy atom. The minimum atomic E-state index is 0.418. The molecule has 0 radical (unpaired) electrons. The van der Waals surface area contributed by atoms with Gasteiger partial charge in [0.1, 0.15) is 5.82 Å². The van der Waals surface area contributed by atoms with Crippen LogP contribution in [-0.2, 0) is 19.0 Å². The molecular weight excluding hydrogens is 268 g/mol. The predicted octanol–water partition coefficient (Wildman–Crippen LogP) is 4.46. The molecule has 0 atom stereocenters. The van der Waals surface area contributed by atoms with Crippen molar-refractivity contribution in [2.45, 2.75) is 38.7 Å². The number of hydrogen-bond donors (Lipinski definition) is 0. The molecule has 1 aromatic carbocycles. The molecule has 1 aromatic heterocycles. The van der Waals surface area contributed by atoms with Crippen LogP contribution in [0.15, 0.2) is 36.4 Å². The highest BCUT2D eigenvalue weighted by molar-refractivity contribution is 6.17. The van der Waals surface area contributed by atoms with Gasteiger partial charge in [0.2, 0.25) is 0 Å². The Balaban J connectivity index is 1.94. The standard InChI is InChI=1S/C17H19ClN2/c1-12(2)16-7-13(9-18)8-17(19-16)20-10-14-5-3-4-6-15(14)11-20/h3-8,12H,9-11H2,1-2H3. The lowest BCUT2D eigenvalue weighted by atomic mass is 10.1. The fourth-order valence-electron chi connectivity index (χ4n) is 2.62. The van der Waals surface area contributed by atoms with Gasteiger partial charge in [0.25, 0.3) is 0 Å². The third kappa shape index (κ3) is 2.53. The highest BCUT2D eigenvalue weighted by Gasteiger charge is 2.20. The van der Waals surface area contributed by atoms with Gasteiger partial charge < -0.3 is 4.90 Å². The highest BCUT2D eigenvalue weighted by Crippen LogP contribution is 2.29. The van der Waals surface area contributed by atoms with E-state index in [4.69, 9.17) is 16.6 Å². The molecule has 0 spiro atoms. The van der Waals surface area contributed by atoms with E-state index < -0.39 is 0 Å². The van der Waals surface area contributed by atoms with Gasteiger partial charge in [-0.05, 0) is 34.7 Å². The first-order valence-corrected chi connectivity index (χ1v) is 7.59. The average Bonchev–Trinajstić information content (AvgIpc) is 2.90. The first-order chi connectivity index (χ1) is 9.67. The number of alkyl halides is 1. The van der Waals surface area contributed by atoms with E-state index in [1.54, 1.807) is 0 Å². The molecule has 0 saturated heterocycles. The normalized spacial score (nSPS) is 13.9. The molecule has 1 aliphatic rings. The van der Waals surface area contributed by atoms with Crippen molar-refractivity contribution in [3.05, 3.63) is 58.8 Å². The first kappa shape index (κ1) is 13.4. The second kappa shape index (κ2) is 5.45. The third-order valence-corrected chi connectivity index (χ3v) is 4.11. The maximum atomic E-state index is 6.03. The molecule has 2 heterocycles. The average molecular weight is 287 g/mol. The summed E-state index contributed by atoms with van der Waals surface area (Å²) < 4.78 is 0. The zero-order valence-electron chi connectivity index (χ0n) is 11.9. The number of halogens is 1. The van der Waals surface area contributed by atoms with Gasteiger partial charge in [-0.1, -0.05) is 38.1 Å². The predicted molar refractivity (Wildman–Crippen MR) is 84.2 cm³/mol. The second-order valence-corrected chi connectivity index (χ2v) is 5.94. The van der Waals surface area contributed by atoms with E-state index in [-0.39, 0.29) is 0 Å². The lowest BCUT2D eigenvalue weighted by molar-refractivity contribution is 0.792. The van der Waals surface area contributed by atoms with Gasteiger partial charge in [-0.15, -0.1) is 11.6 Å². The Hall–Kier alpha value is -1.54. The molecule has 2 nitrogen and oxygen atoms in total. The van der Waals surface area contributed by atoms with Gasteiger partial charge in [-0.3, -0.25) is 0 Å². The summed E-state index contributed by atoms with van der Waals surface area (Å²) in [5.41, 5.74) is 5.07. The van der Waals surface area contributed by atoms with Crippen molar-refractivity contribution >= 4 is 17.4 Å². The molecular formula is C17H19ClN2. The molecule has 0 saturated carbocycles. The summed E-state index contributed by atoms with van der Waals surface area (Å²) in [5.74, 6) is 2.00. The summed E-state index contributed by atoms with van der Waals surface area (Å²) in [7, 11) is 0. The molecule has 0 bridgehead atoms. The third-order valence-electron chi connectivity index (χ3n) is 3.80. The topological polar surface area (TPSA) is 16.1 Å². The maximum absolute atomic E-state index is 6.03. The summed E-state index contributed by atoms with van der Waals surface area (Å²) >= 11 is 6.03. The van der Waals surface area contributed by atoms with E-state index in [0.717, 1.165) is 30.2 Å². The summed E-state index contributed by atoms with van der Waals surface area (Å²) in [6.45, 7) is 6.21. The molecule has 0 N–H and O–H groups in total. The van der Waals surface area contributed by atoms with Crippen molar-refractivity contribution in [2.24, 2.45) is 0 Å². The summed E-state index contributed by atoms with van der Waals surface area (Å²) in [6, 6.07) is 12.8. The smallest absolute Gasteiger partial charge is 0.129 e. The number of rotatable bonds is 3. The molecule has 2 aromatic rings. The molecule has 0 amide bonds. The van der Waals surface area contributed by atoms with Crippen LogP contribution < -0.4 is 4.90 Å². The van der Waals surface area contributed by atoms with Gasteiger partial charge >= 0.3 is 0 Å². The SMILES string of the molecule is CC(C)c1cc(CCl)cc(N2Cc3ccccc3C2)n1. The zero-order chi connectivity index (χ0) is 14.1. The minimum Gasteiger partial charge on any atom is -0.348 e. The Kier molecular flexibility index (Phi) is 3.66. The lowest BCUT2D eigenvalue weighted by Gasteiger charge is -2.19. The quantitative estimate of drug-likeness (QED) is 0.774. The van der Waals surface area contributed by atoms with Crippen LogP contribution in [0.3, 0.4) is 0 Å². The fourth-order valence-corrected chi connectivity index (χ4v) is 2.78. The van der Waals surface area contributed by atoms with Gasteiger partial charge in [0.15, 0.2) is 0 Å². The van der Waals surface area contributed by atoms with Crippen molar-refractivity contribution < 1.29 is 0 Å². The second-order valence-electron chi connectivity index (χ2n) is 5.67. The molecule has 3 rings (SSSR count). The van der Waals surface area contributed by atoms with Crippen molar-refractivity contribution in [3.8, 4) is 0 Å². The van der Waals surface area contributed by atoms with Crippen molar-refractivity contribution in [1.29, 1.82) is 0 Å². The van der Waals surface area contributed by atoms with Crippen LogP contribution in [-0.4, -0.2) is 4.98 Å². The molecule has 0 aliphatic carbocycles. The van der Waals surface area contributed by atoms with Crippen molar-refractivity contribution in [2.75, 3.05) is 4.90 Å². The number of hydrogen-bond acceptors (Lipinski definition) is 2. The number of fused-ring (bicyclic) bond motifs is 1. The van der Waals surface area contributed by atoms with Gasteiger partial charge in [-0.25, -0.2) is 4.98 Å². The van der Waals surface area contributed by atoms with Gasteiger partial charge in [0.05, 0.1) is 0 Å². The zero-order valence-corrected chi connectivity index (χ0v) is 12.7. The maximum Gasteiger partial charge on any atom is 0.129 e. The van der Waals surface area contributed by atoms with Crippen LogP contribution in [0, 0.1) is 0 Å². The van der Waals surface area contributed by atoms with E-state index in [1.807, 2.05) is 0 Å². The number of nitrogens with zero attached hydrogens (tertiary/aromatic N) is 2. The van der Waals surface area contributed by atoms with E-state index in [9.17, 15) is 0 Å². The Morgan fingerprint density at radius 3 is 2.35 bits per heavy atom. The van der Waals surface area contributed by atoms with Gasteiger partial charge in [-0.2, -0.15) is 0 Å². The summed E-state index contributed by atoms with van der Waals surface area (Å²) in [4.78, 5) is 7.14. The number of pyridine rings is 1. The molecule has 104 valence electrons. The van der Waals surface area contributed by atoms with Crippen LogP contribution in [0.25, 0.3) is 0 Å². The molecule has 0 unspecified atom stereocenters. The largest absolute Gasteiger partial charge is 0.348 e. The Bertz CT molecular complexity index is 597. The van der Waals surface area contributed by atoms with Gasteiger partial charge in [0, 0.05) is 24.7 Å². The van der Waals surface area contributed by atoms with E-state index >= 15 is 0 Å². The fraction of sp³-hybridized carbons (Fsp3) is 0.353. The lowest BCUT2D eigenvalue weighted by Crippen LogP contribution is -2.17. The Morgan fingerprint density at radius 2 is 1.80 bits per heavy atom. The highest BCUT2D eigenvalue weighted by atomic mass is 35.5. The van der Waals surface area contributed by atoms with Crippen molar-refractivity contribution in [1.82, 2.24) is 4.98 Å². The van der Waals surface area contributed by atoms with Crippen LogP contribution in [0.5, 0.6) is 0 Å². The molecule has 20 heavy (non-hydrogen) atoms. The van der Waals surface area contributed by atoms with E-state index in [0.29, 0.717) is 11.8 Å². The monoisotopic (exact) mass is 286 g/mol. The number of aromatic nitrogens is 1. The number of benzene rings is 1. The molecule has 0 fully saturated rings. The van der Waals surface area contributed by atoms with Crippen LogP contribution in [0.2, 0.25) is 0 Å². The van der Waals surface area contributed by atoms with Crippen LogP contribution >= 0.6 is 11.6 Å².